The molecule has 0 aromatic heterocycles. The monoisotopic (exact) mass is 309 g/mol. The molecular formula is C17H28ClN3. The molecule has 0 saturated carbocycles. The molecule has 1 saturated heterocycles. The highest BCUT2D eigenvalue weighted by atomic mass is 35.5. The molecule has 1 aliphatic rings. The number of benzene rings is 1. The molecule has 118 valence electrons. The normalized spacial score (nSPS) is 18.0. The van der Waals surface area contributed by atoms with Crippen molar-refractivity contribution in [2.45, 2.75) is 38.6 Å². The van der Waals surface area contributed by atoms with Crippen molar-refractivity contribution < 1.29 is 0 Å². The third-order valence-electron chi connectivity index (χ3n) is 4.42. The van der Waals surface area contributed by atoms with Crippen LogP contribution in [0.15, 0.2) is 24.3 Å². The Bertz CT molecular complexity index is 416. The summed E-state index contributed by atoms with van der Waals surface area (Å²) in [5.74, 6) is 0. The van der Waals surface area contributed by atoms with Crippen LogP contribution in [0.3, 0.4) is 0 Å². The van der Waals surface area contributed by atoms with Gasteiger partial charge in [0.1, 0.15) is 0 Å². The first-order valence-corrected chi connectivity index (χ1v) is 8.57. The van der Waals surface area contributed by atoms with E-state index in [0.29, 0.717) is 6.04 Å². The predicted octanol–water partition coefficient (Wildman–Crippen LogP) is 3.37. The number of nitrogens with two attached hydrogens (primary N) is 1. The minimum Gasteiger partial charge on any atom is -0.369 e. The topological polar surface area (TPSA) is 32.5 Å². The van der Waals surface area contributed by atoms with Gasteiger partial charge in [-0.25, -0.2) is 0 Å². The van der Waals surface area contributed by atoms with Crippen LogP contribution in [0.5, 0.6) is 0 Å². The number of hydrogen-bond acceptors (Lipinski definition) is 3. The molecule has 2 N–H and O–H groups in total. The summed E-state index contributed by atoms with van der Waals surface area (Å²) in [5.41, 5.74) is 7.21. The van der Waals surface area contributed by atoms with Crippen LogP contribution in [0, 0.1) is 0 Å². The van der Waals surface area contributed by atoms with Gasteiger partial charge in [-0.3, -0.25) is 4.90 Å². The van der Waals surface area contributed by atoms with Crippen molar-refractivity contribution in [2.24, 2.45) is 5.73 Å². The molecule has 3 nitrogen and oxygen atoms in total. The molecule has 0 radical (unpaired) electrons. The van der Waals surface area contributed by atoms with Crippen LogP contribution in [0.1, 0.15) is 32.6 Å². The van der Waals surface area contributed by atoms with Crippen LogP contribution in [0.2, 0.25) is 5.02 Å². The first-order valence-electron chi connectivity index (χ1n) is 8.19. The Morgan fingerprint density at radius 2 is 1.95 bits per heavy atom. The molecule has 0 bridgehead atoms. The van der Waals surface area contributed by atoms with E-state index in [1.54, 1.807) is 0 Å². The maximum Gasteiger partial charge on any atom is 0.0426 e. The number of hydrogen-bond donors (Lipinski definition) is 1. The number of unbranched alkanes of at least 4 members (excludes halogenated alkanes) is 2. The van der Waals surface area contributed by atoms with E-state index in [-0.39, 0.29) is 0 Å². The first kappa shape index (κ1) is 16.6. The molecule has 1 atom stereocenters. The highest BCUT2D eigenvalue weighted by Gasteiger charge is 2.22. The zero-order valence-electron chi connectivity index (χ0n) is 13.1. The van der Waals surface area contributed by atoms with Gasteiger partial charge in [-0.15, -0.1) is 0 Å². The van der Waals surface area contributed by atoms with Crippen LogP contribution in [0.4, 0.5) is 5.69 Å². The molecule has 0 aliphatic carbocycles. The Morgan fingerprint density at radius 3 is 2.57 bits per heavy atom. The Balaban J connectivity index is 1.84. The van der Waals surface area contributed by atoms with E-state index in [0.717, 1.165) is 37.7 Å². The molecule has 0 amide bonds. The van der Waals surface area contributed by atoms with Gasteiger partial charge in [-0.2, -0.15) is 0 Å². The van der Waals surface area contributed by atoms with E-state index in [4.69, 9.17) is 17.3 Å². The number of piperazine rings is 1. The van der Waals surface area contributed by atoms with Crippen LogP contribution >= 0.6 is 11.6 Å². The predicted molar refractivity (Wildman–Crippen MR) is 92.2 cm³/mol. The summed E-state index contributed by atoms with van der Waals surface area (Å²) in [6.45, 7) is 7.35. The Labute approximate surface area is 134 Å². The Morgan fingerprint density at radius 1 is 1.19 bits per heavy atom. The largest absolute Gasteiger partial charge is 0.369 e. The number of rotatable bonds is 7. The van der Waals surface area contributed by atoms with Gasteiger partial charge in [-0.05, 0) is 24.6 Å². The van der Waals surface area contributed by atoms with Crippen molar-refractivity contribution in [1.29, 1.82) is 0 Å². The van der Waals surface area contributed by atoms with Gasteiger partial charge in [0, 0.05) is 49.5 Å². The Kier molecular flexibility index (Phi) is 6.81. The zero-order valence-corrected chi connectivity index (χ0v) is 13.9. The fourth-order valence-electron chi connectivity index (χ4n) is 3.10. The number of nitrogens with zero attached hydrogens (tertiary/aromatic N) is 2. The standard InChI is InChI=1S/C17H28ClN3/c1-2-3-4-7-17(14-19)21-11-9-20(10-12-21)16-8-5-6-15(18)13-16/h5-6,8,13,17H,2-4,7,9-12,14,19H2,1H3. The summed E-state index contributed by atoms with van der Waals surface area (Å²) in [6.07, 6.45) is 5.13. The fraction of sp³-hybridized carbons (Fsp3) is 0.647. The van der Waals surface area contributed by atoms with E-state index in [1.807, 2.05) is 12.1 Å². The number of anilines is 1. The maximum absolute atomic E-state index is 6.08. The van der Waals surface area contributed by atoms with Crippen LogP contribution in [0.25, 0.3) is 0 Å². The van der Waals surface area contributed by atoms with Gasteiger partial charge in [-0.1, -0.05) is 43.9 Å². The van der Waals surface area contributed by atoms with Gasteiger partial charge in [0.15, 0.2) is 0 Å². The van der Waals surface area contributed by atoms with Crippen LogP contribution in [-0.2, 0) is 0 Å². The molecule has 21 heavy (non-hydrogen) atoms. The zero-order chi connectivity index (χ0) is 15.1. The average Bonchev–Trinajstić information content (AvgIpc) is 2.52. The highest BCUT2D eigenvalue weighted by Crippen LogP contribution is 2.21. The second kappa shape index (κ2) is 8.62. The second-order valence-corrected chi connectivity index (χ2v) is 6.32. The van der Waals surface area contributed by atoms with Gasteiger partial charge in [0.05, 0.1) is 0 Å². The number of halogens is 1. The minimum absolute atomic E-state index is 0.554. The maximum atomic E-state index is 6.08. The third kappa shape index (κ3) is 4.87. The van der Waals surface area contributed by atoms with Crippen LogP contribution in [-0.4, -0.2) is 43.7 Å². The Hall–Kier alpha value is -0.770. The quantitative estimate of drug-likeness (QED) is 0.784. The second-order valence-electron chi connectivity index (χ2n) is 5.89. The molecule has 2 rings (SSSR count). The summed E-state index contributed by atoms with van der Waals surface area (Å²) in [5, 5.41) is 0.814. The molecular weight excluding hydrogens is 282 g/mol. The van der Waals surface area contributed by atoms with E-state index in [2.05, 4.69) is 28.9 Å². The average molecular weight is 310 g/mol. The van der Waals surface area contributed by atoms with Crippen molar-refractivity contribution in [2.75, 3.05) is 37.6 Å². The van der Waals surface area contributed by atoms with E-state index >= 15 is 0 Å². The van der Waals surface area contributed by atoms with Crippen molar-refractivity contribution in [3.8, 4) is 0 Å². The molecule has 4 heteroatoms. The summed E-state index contributed by atoms with van der Waals surface area (Å²) in [6, 6.07) is 8.71. The molecule has 1 aromatic carbocycles. The molecule has 1 aliphatic heterocycles. The lowest BCUT2D eigenvalue weighted by atomic mass is 10.1. The lowest BCUT2D eigenvalue weighted by molar-refractivity contribution is 0.177. The first-order chi connectivity index (χ1) is 10.2. The highest BCUT2D eigenvalue weighted by molar-refractivity contribution is 6.30. The summed E-state index contributed by atoms with van der Waals surface area (Å²) in [4.78, 5) is 4.98. The minimum atomic E-state index is 0.554. The van der Waals surface area contributed by atoms with E-state index in [1.165, 1.54) is 31.4 Å². The van der Waals surface area contributed by atoms with E-state index < -0.39 is 0 Å². The molecule has 0 spiro atoms. The lowest BCUT2D eigenvalue weighted by Gasteiger charge is -2.40. The van der Waals surface area contributed by atoms with Gasteiger partial charge >= 0.3 is 0 Å². The molecule has 1 unspecified atom stereocenters. The van der Waals surface area contributed by atoms with Gasteiger partial charge in [0.25, 0.3) is 0 Å². The summed E-state index contributed by atoms with van der Waals surface area (Å²) < 4.78 is 0. The van der Waals surface area contributed by atoms with Crippen molar-refractivity contribution in [1.82, 2.24) is 4.90 Å². The summed E-state index contributed by atoms with van der Waals surface area (Å²) >= 11 is 6.08. The summed E-state index contributed by atoms with van der Waals surface area (Å²) in [7, 11) is 0. The van der Waals surface area contributed by atoms with Crippen LogP contribution < -0.4 is 10.6 Å². The van der Waals surface area contributed by atoms with Crippen molar-refractivity contribution in [3.63, 3.8) is 0 Å². The third-order valence-corrected chi connectivity index (χ3v) is 4.65. The SMILES string of the molecule is CCCCCC(CN)N1CCN(c2cccc(Cl)c2)CC1. The lowest BCUT2D eigenvalue weighted by Crippen LogP contribution is -2.52. The van der Waals surface area contributed by atoms with E-state index in [9.17, 15) is 0 Å². The van der Waals surface area contributed by atoms with Crippen molar-refractivity contribution >= 4 is 17.3 Å². The fourth-order valence-corrected chi connectivity index (χ4v) is 3.28. The molecule has 1 fully saturated rings. The van der Waals surface area contributed by atoms with Crippen molar-refractivity contribution in [3.05, 3.63) is 29.3 Å². The smallest absolute Gasteiger partial charge is 0.0426 e. The molecule has 1 heterocycles. The molecule has 1 aromatic rings. The van der Waals surface area contributed by atoms with Gasteiger partial charge in [0.2, 0.25) is 0 Å². The van der Waals surface area contributed by atoms with Gasteiger partial charge < -0.3 is 10.6 Å².